The maximum absolute atomic E-state index is 6.18. The summed E-state index contributed by atoms with van der Waals surface area (Å²) in [7, 11) is -1.59. The van der Waals surface area contributed by atoms with E-state index in [1.54, 1.807) is 0 Å². The fraction of sp³-hybridized carbons (Fsp3) is 0.316. The molecule has 0 heterocycles. The van der Waals surface area contributed by atoms with Gasteiger partial charge in [-0.2, -0.15) is 0 Å². The number of hydrogen-bond donors (Lipinski definition) is 0. The molecule has 0 unspecified atom stereocenters. The van der Waals surface area contributed by atoms with E-state index in [1.807, 2.05) is 12.1 Å². The Kier molecular flexibility index (Phi) is 5.92. The van der Waals surface area contributed by atoms with Crippen LogP contribution in [0.5, 0.6) is 5.75 Å². The maximum Gasteiger partial charge on any atom is 0.242 e. The van der Waals surface area contributed by atoms with Gasteiger partial charge in [-0.05, 0) is 54.5 Å². The van der Waals surface area contributed by atoms with Crippen molar-refractivity contribution in [2.45, 2.75) is 38.9 Å². The van der Waals surface area contributed by atoms with Crippen molar-refractivity contribution in [3.8, 4) is 5.75 Å². The second-order valence-electron chi connectivity index (χ2n) is 6.52. The second-order valence-corrected chi connectivity index (χ2v) is 11.5. The van der Waals surface area contributed by atoms with E-state index in [0.717, 1.165) is 29.9 Å². The molecule has 0 spiro atoms. The molecule has 2 rings (SSSR count). The van der Waals surface area contributed by atoms with Crippen molar-refractivity contribution in [1.29, 1.82) is 0 Å². The Morgan fingerprint density at radius 1 is 0.955 bits per heavy atom. The Bertz CT molecular complexity index is 617. The summed E-state index contributed by atoms with van der Waals surface area (Å²) in [6, 6.07) is 18.8. The van der Waals surface area contributed by atoms with Crippen LogP contribution in [0.15, 0.2) is 54.6 Å². The highest BCUT2D eigenvalue weighted by Gasteiger charge is 2.18. The van der Waals surface area contributed by atoms with Gasteiger partial charge >= 0.3 is 0 Å². The number of hydrogen-bond acceptors (Lipinski definition) is 2. The molecule has 0 saturated carbocycles. The molecule has 0 aliphatic carbocycles. The molecule has 2 aromatic rings. The van der Waals surface area contributed by atoms with Gasteiger partial charge in [-0.25, -0.2) is 0 Å². The summed E-state index contributed by atoms with van der Waals surface area (Å²) >= 11 is 5.59. The third kappa shape index (κ3) is 5.74. The monoisotopic (exact) mass is 328 g/mol. The quantitative estimate of drug-likeness (QED) is 0.494. The molecule has 0 aliphatic rings. The number of thiocarbonyl (C=S) groups is 1. The smallest absolute Gasteiger partial charge is 0.242 e. The third-order valence-electron chi connectivity index (χ3n) is 3.31. The van der Waals surface area contributed by atoms with Crippen molar-refractivity contribution in [2.24, 2.45) is 0 Å². The number of rotatable bonds is 7. The normalized spacial score (nSPS) is 11.2. The third-order valence-corrected chi connectivity index (χ3v) is 4.49. The van der Waals surface area contributed by atoms with Crippen molar-refractivity contribution in [1.82, 2.24) is 0 Å². The predicted molar refractivity (Wildman–Crippen MR) is 101 cm³/mol. The zero-order valence-electron chi connectivity index (χ0n) is 13.6. The first kappa shape index (κ1) is 16.9. The first-order valence-electron chi connectivity index (χ1n) is 7.76. The van der Waals surface area contributed by atoms with E-state index in [0.29, 0.717) is 0 Å². The van der Waals surface area contributed by atoms with Gasteiger partial charge in [-0.3, -0.25) is 0 Å². The fourth-order valence-electron chi connectivity index (χ4n) is 2.31. The van der Waals surface area contributed by atoms with Crippen molar-refractivity contribution < 1.29 is 4.43 Å². The summed E-state index contributed by atoms with van der Waals surface area (Å²) in [6.45, 7) is 6.62. The Labute approximate surface area is 140 Å². The lowest BCUT2D eigenvalue weighted by Gasteiger charge is -2.21. The molecule has 116 valence electrons. The van der Waals surface area contributed by atoms with Gasteiger partial charge in [0.05, 0.1) is 0 Å². The van der Waals surface area contributed by atoms with Gasteiger partial charge in [0, 0.05) is 6.42 Å². The van der Waals surface area contributed by atoms with Gasteiger partial charge in [-0.1, -0.05) is 60.7 Å². The molecule has 0 bridgehead atoms. The minimum Gasteiger partial charge on any atom is -0.544 e. The van der Waals surface area contributed by atoms with Crippen molar-refractivity contribution in [2.75, 3.05) is 0 Å². The topological polar surface area (TPSA) is 9.23 Å². The molecular formula is C19H24OSSi. The summed E-state index contributed by atoms with van der Waals surface area (Å²) in [4.78, 5) is 1.09. The van der Waals surface area contributed by atoms with E-state index in [9.17, 15) is 0 Å². The first-order valence-corrected chi connectivity index (χ1v) is 11.6. The second kappa shape index (κ2) is 7.70. The molecule has 0 amide bonds. The van der Waals surface area contributed by atoms with Gasteiger partial charge in [0.15, 0.2) is 0 Å². The molecule has 0 fully saturated rings. The first-order chi connectivity index (χ1) is 10.4. The molecule has 0 saturated heterocycles. The summed E-state index contributed by atoms with van der Waals surface area (Å²) in [5.41, 5.74) is 2.56. The molecule has 0 aromatic heterocycles. The molecule has 0 atom stereocenters. The molecular weight excluding hydrogens is 304 g/mol. The number of benzene rings is 2. The largest absolute Gasteiger partial charge is 0.544 e. The number of para-hydroxylation sites is 1. The van der Waals surface area contributed by atoms with E-state index in [2.05, 4.69) is 62.1 Å². The van der Waals surface area contributed by atoms with E-state index in [-0.39, 0.29) is 0 Å². The Balaban J connectivity index is 1.97. The van der Waals surface area contributed by atoms with Crippen LogP contribution in [0.2, 0.25) is 19.6 Å². The predicted octanol–water partition coefficient (Wildman–Crippen LogP) is 5.45. The Hall–Kier alpha value is -1.45. The molecule has 3 heteroatoms. The fourth-order valence-corrected chi connectivity index (χ4v) is 3.42. The van der Waals surface area contributed by atoms with Gasteiger partial charge in [0.1, 0.15) is 5.75 Å². The zero-order chi connectivity index (χ0) is 16.0. The summed E-state index contributed by atoms with van der Waals surface area (Å²) in [5, 5.41) is 0. The van der Waals surface area contributed by atoms with Crippen LogP contribution in [0.25, 0.3) is 0 Å². The van der Waals surface area contributed by atoms with E-state index >= 15 is 0 Å². The SMILES string of the molecule is C[Si](C)(C)Oc1ccccc1CC(=S)CCc1ccccc1. The summed E-state index contributed by atoms with van der Waals surface area (Å²) < 4.78 is 6.18. The van der Waals surface area contributed by atoms with Gasteiger partial charge in [-0.15, -0.1) is 0 Å². The average Bonchev–Trinajstić information content (AvgIpc) is 2.47. The lowest BCUT2D eigenvalue weighted by atomic mass is 10.0. The highest BCUT2D eigenvalue weighted by atomic mass is 32.1. The standard InChI is InChI=1S/C19H24OSSi/c1-22(2,3)20-19-12-8-7-11-17(19)15-18(21)14-13-16-9-5-4-6-10-16/h4-12H,13-15H2,1-3H3. The van der Waals surface area contributed by atoms with Crippen LogP contribution in [0.3, 0.4) is 0 Å². The summed E-state index contributed by atoms with van der Waals surface area (Å²) in [6.07, 6.45) is 2.78. The molecule has 2 aromatic carbocycles. The van der Waals surface area contributed by atoms with Crippen molar-refractivity contribution >= 4 is 25.4 Å². The average molecular weight is 329 g/mol. The van der Waals surface area contributed by atoms with Crippen LogP contribution >= 0.6 is 12.2 Å². The van der Waals surface area contributed by atoms with E-state index < -0.39 is 8.32 Å². The molecule has 0 aliphatic heterocycles. The minimum atomic E-state index is -1.59. The van der Waals surface area contributed by atoms with Crippen LogP contribution in [-0.2, 0) is 12.8 Å². The van der Waals surface area contributed by atoms with Crippen LogP contribution in [0.1, 0.15) is 17.5 Å². The van der Waals surface area contributed by atoms with Gasteiger partial charge < -0.3 is 4.43 Å². The molecule has 1 nitrogen and oxygen atoms in total. The summed E-state index contributed by atoms with van der Waals surface area (Å²) in [5.74, 6) is 1.00. The van der Waals surface area contributed by atoms with Crippen LogP contribution in [-0.4, -0.2) is 13.2 Å². The number of aryl methyl sites for hydroxylation is 1. The molecule has 0 N–H and O–H groups in total. The van der Waals surface area contributed by atoms with E-state index in [4.69, 9.17) is 16.6 Å². The van der Waals surface area contributed by atoms with E-state index in [1.165, 1.54) is 11.1 Å². The Morgan fingerprint density at radius 2 is 1.59 bits per heavy atom. The van der Waals surface area contributed by atoms with Crippen molar-refractivity contribution in [3.05, 3.63) is 65.7 Å². The maximum atomic E-state index is 6.18. The van der Waals surface area contributed by atoms with Crippen molar-refractivity contribution in [3.63, 3.8) is 0 Å². The van der Waals surface area contributed by atoms with Gasteiger partial charge in [0.25, 0.3) is 0 Å². The van der Waals surface area contributed by atoms with Crippen LogP contribution in [0.4, 0.5) is 0 Å². The molecule has 22 heavy (non-hydrogen) atoms. The Morgan fingerprint density at radius 3 is 2.27 bits per heavy atom. The molecule has 0 radical (unpaired) electrons. The lowest BCUT2D eigenvalue weighted by Crippen LogP contribution is -2.29. The van der Waals surface area contributed by atoms with Gasteiger partial charge in [0.2, 0.25) is 8.32 Å². The minimum absolute atomic E-state index is 0.822. The lowest BCUT2D eigenvalue weighted by molar-refractivity contribution is 0.552. The van der Waals surface area contributed by atoms with Crippen LogP contribution < -0.4 is 4.43 Å². The highest BCUT2D eigenvalue weighted by Crippen LogP contribution is 2.23. The highest BCUT2D eigenvalue weighted by molar-refractivity contribution is 7.80. The zero-order valence-corrected chi connectivity index (χ0v) is 15.5. The van der Waals surface area contributed by atoms with Crippen LogP contribution in [0, 0.1) is 0 Å².